The molecule has 0 unspecified atom stereocenters. The fraction of sp³-hybridized carbons (Fsp3) is 0.172. The van der Waals surface area contributed by atoms with Crippen molar-refractivity contribution < 1.29 is 33.6 Å². The Morgan fingerprint density at radius 1 is 1.07 bits per heavy atom. The average molecular weight is 637 g/mol. The van der Waals surface area contributed by atoms with Crippen molar-refractivity contribution in [1.29, 1.82) is 0 Å². The number of hydrogen-bond acceptors (Lipinski definition) is 8. The summed E-state index contributed by atoms with van der Waals surface area (Å²) in [4.78, 5) is 62.0. The minimum absolute atomic E-state index is 0.0422. The number of carbonyl (C=O) groups excluding carboxylic acids is 4. The number of nitro groups is 1. The smallest absolute Gasteiger partial charge is 0.335 e. The van der Waals surface area contributed by atoms with Crippen LogP contribution in [0.2, 0.25) is 0 Å². The summed E-state index contributed by atoms with van der Waals surface area (Å²) in [5.74, 6) is -1.75. The van der Waals surface area contributed by atoms with Crippen molar-refractivity contribution in [2.75, 3.05) is 23.4 Å². The van der Waals surface area contributed by atoms with E-state index in [4.69, 9.17) is 9.47 Å². The number of rotatable bonds is 9. The Bertz CT molecular complexity index is 1640. The largest absolute Gasteiger partial charge is 0.490 e. The van der Waals surface area contributed by atoms with Crippen LogP contribution in [0.1, 0.15) is 23.6 Å². The lowest BCUT2D eigenvalue weighted by Crippen LogP contribution is -2.54. The average Bonchev–Trinajstić information content (AvgIpc) is 2.93. The summed E-state index contributed by atoms with van der Waals surface area (Å²) >= 11 is 3.41. The first-order chi connectivity index (χ1) is 20.0. The number of nitro benzene ring substituents is 1. The van der Waals surface area contributed by atoms with E-state index in [-0.39, 0.29) is 47.6 Å². The predicted molar refractivity (Wildman–Crippen MR) is 157 cm³/mol. The molecule has 0 atom stereocenters. The van der Waals surface area contributed by atoms with Crippen molar-refractivity contribution in [1.82, 2.24) is 5.32 Å². The number of hydrogen-bond donors (Lipinski definition) is 2. The summed E-state index contributed by atoms with van der Waals surface area (Å²) < 4.78 is 11.9. The summed E-state index contributed by atoms with van der Waals surface area (Å²) in [5.41, 5.74) is 2.38. The van der Waals surface area contributed by atoms with Gasteiger partial charge in [0.1, 0.15) is 5.57 Å². The second kappa shape index (κ2) is 12.6. The first-order valence-electron chi connectivity index (χ1n) is 12.6. The Balaban J connectivity index is 1.58. The standard InChI is InChI=1S/C29H25BrN4O8/c1-4-41-24-14-18(13-22(30)26(24)42-15-25(35)31-23-11-16(2)5-6-17(23)3)12-21-27(36)32-29(38)33(28(21)37)19-7-9-20(10-8-19)34(39)40/h5-14H,4,15H2,1-3H3,(H,31,35)(H,32,36,38)/b21-12-. The van der Waals surface area contributed by atoms with Crippen molar-refractivity contribution in [2.45, 2.75) is 20.8 Å². The maximum absolute atomic E-state index is 13.2. The van der Waals surface area contributed by atoms with E-state index in [0.29, 0.717) is 20.6 Å². The molecule has 2 N–H and O–H groups in total. The molecule has 4 rings (SSSR count). The summed E-state index contributed by atoms with van der Waals surface area (Å²) in [6.45, 7) is 5.48. The highest BCUT2D eigenvalue weighted by Crippen LogP contribution is 2.38. The highest BCUT2D eigenvalue weighted by Gasteiger charge is 2.37. The van der Waals surface area contributed by atoms with Crippen molar-refractivity contribution >= 4 is 62.8 Å². The maximum Gasteiger partial charge on any atom is 0.335 e. The molecule has 13 heteroatoms. The molecule has 1 aliphatic heterocycles. The van der Waals surface area contributed by atoms with Gasteiger partial charge in [0.25, 0.3) is 23.4 Å². The van der Waals surface area contributed by atoms with Crippen LogP contribution >= 0.6 is 15.9 Å². The summed E-state index contributed by atoms with van der Waals surface area (Å²) in [6.07, 6.45) is 1.27. The van der Waals surface area contributed by atoms with Gasteiger partial charge in [-0.15, -0.1) is 0 Å². The number of amides is 5. The van der Waals surface area contributed by atoms with Crippen molar-refractivity contribution in [3.05, 3.63) is 91.4 Å². The number of ether oxygens (including phenoxy) is 2. The highest BCUT2D eigenvalue weighted by atomic mass is 79.9. The van der Waals surface area contributed by atoms with E-state index >= 15 is 0 Å². The van der Waals surface area contributed by atoms with Gasteiger partial charge in [0, 0.05) is 17.8 Å². The molecule has 0 aliphatic carbocycles. The molecule has 5 amide bonds. The number of urea groups is 1. The SMILES string of the molecule is CCOc1cc(/C=C2/C(=O)NC(=O)N(c3ccc([N+](=O)[O-])cc3)C2=O)cc(Br)c1OCC(=O)Nc1cc(C)ccc1C. The van der Waals surface area contributed by atoms with Gasteiger partial charge in [0.15, 0.2) is 18.1 Å². The number of aryl methyl sites for hydroxylation is 2. The molecule has 0 spiro atoms. The van der Waals surface area contributed by atoms with Crippen LogP contribution in [-0.4, -0.2) is 41.9 Å². The normalized spacial score (nSPS) is 14.0. The molecule has 1 aliphatic rings. The second-order valence-corrected chi connectivity index (χ2v) is 10.0. The monoisotopic (exact) mass is 636 g/mol. The second-order valence-electron chi connectivity index (χ2n) is 9.15. The van der Waals surface area contributed by atoms with Crippen molar-refractivity contribution in [2.24, 2.45) is 0 Å². The number of carbonyl (C=O) groups is 4. The van der Waals surface area contributed by atoms with Crippen LogP contribution in [0.25, 0.3) is 6.08 Å². The molecule has 1 heterocycles. The number of benzene rings is 3. The lowest BCUT2D eigenvalue weighted by Gasteiger charge is -2.26. The van der Waals surface area contributed by atoms with Crippen LogP contribution in [0.15, 0.2) is 64.6 Å². The number of anilines is 2. The van der Waals surface area contributed by atoms with Gasteiger partial charge in [0.05, 0.1) is 21.7 Å². The van der Waals surface area contributed by atoms with Crippen molar-refractivity contribution in [3.63, 3.8) is 0 Å². The molecule has 42 heavy (non-hydrogen) atoms. The summed E-state index contributed by atoms with van der Waals surface area (Å²) in [6, 6.07) is 12.5. The number of halogens is 1. The molecular formula is C29H25BrN4O8. The Morgan fingerprint density at radius 3 is 2.45 bits per heavy atom. The fourth-order valence-electron chi connectivity index (χ4n) is 4.05. The summed E-state index contributed by atoms with van der Waals surface area (Å²) in [7, 11) is 0. The van der Waals surface area contributed by atoms with E-state index in [1.165, 1.54) is 24.3 Å². The number of barbiturate groups is 1. The minimum atomic E-state index is -0.991. The van der Waals surface area contributed by atoms with E-state index in [1.54, 1.807) is 13.0 Å². The van der Waals surface area contributed by atoms with E-state index in [1.807, 2.05) is 32.0 Å². The number of imide groups is 2. The molecule has 12 nitrogen and oxygen atoms in total. The lowest BCUT2D eigenvalue weighted by atomic mass is 10.1. The van der Waals surface area contributed by atoms with Gasteiger partial charge in [-0.2, -0.15) is 0 Å². The zero-order chi connectivity index (χ0) is 30.6. The van der Waals surface area contributed by atoms with Gasteiger partial charge in [-0.05, 0) is 89.8 Å². The van der Waals surface area contributed by atoms with E-state index < -0.39 is 22.8 Å². The molecule has 216 valence electrons. The van der Waals surface area contributed by atoms with E-state index in [2.05, 4.69) is 26.6 Å². The Morgan fingerprint density at radius 2 is 1.79 bits per heavy atom. The lowest BCUT2D eigenvalue weighted by molar-refractivity contribution is -0.384. The van der Waals surface area contributed by atoms with E-state index in [9.17, 15) is 29.3 Å². The number of non-ortho nitro benzene ring substituents is 1. The van der Waals surface area contributed by atoms with Crippen LogP contribution in [-0.2, 0) is 14.4 Å². The molecule has 3 aromatic carbocycles. The Kier molecular flexibility index (Phi) is 9.01. The first kappa shape index (κ1) is 29.9. The van der Waals surface area contributed by atoms with Crippen LogP contribution in [0.4, 0.5) is 21.9 Å². The minimum Gasteiger partial charge on any atom is -0.490 e. The van der Waals surface area contributed by atoms with Gasteiger partial charge in [-0.1, -0.05) is 12.1 Å². The van der Waals surface area contributed by atoms with Gasteiger partial charge in [0.2, 0.25) is 0 Å². The predicted octanol–water partition coefficient (Wildman–Crippen LogP) is 5.06. The fourth-order valence-corrected chi connectivity index (χ4v) is 4.63. The third-order valence-corrected chi connectivity index (χ3v) is 6.67. The zero-order valence-electron chi connectivity index (χ0n) is 22.7. The molecule has 1 saturated heterocycles. The van der Waals surface area contributed by atoms with Crippen LogP contribution in [0.5, 0.6) is 11.5 Å². The number of nitrogens with zero attached hydrogens (tertiary/aromatic N) is 2. The molecule has 0 bridgehead atoms. The van der Waals surface area contributed by atoms with Gasteiger partial charge >= 0.3 is 6.03 Å². The van der Waals surface area contributed by atoms with Gasteiger partial charge in [-0.3, -0.25) is 29.8 Å². The molecule has 0 saturated carbocycles. The van der Waals surface area contributed by atoms with Crippen LogP contribution in [0, 0.1) is 24.0 Å². The quantitative estimate of drug-likeness (QED) is 0.143. The van der Waals surface area contributed by atoms with Gasteiger partial charge in [-0.25, -0.2) is 9.69 Å². The zero-order valence-corrected chi connectivity index (χ0v) is 24.3. The van der Waals surface area contributed by atoms with Crippen molar-refractivity contribution in [3.8, 4) is 11.5 Å². The molecule has 3 aromatic rings. The van der Waals surface area contributed by atoms with E-state index in [0.717, 1.165) is 23.3 Å². The maximum atomic E-state index is 13.2. The van der Waals surface area contributed by atoms with Gasteiger partial charge < -0.3 is 14.8 Å². The highest BCUT2D eigenvalue weighted by molar-refractivity contribution is 9.10. The molecule has 0 aromatic heterocycles. The first-order valence-corrected chi connectivity index (χ1v) is 13.4. The van der Waals surface area contributed by atoms with Crippen LogP contribution in [0.3, 0.4) is 0 Å². The molecule has 0 radical (unpaired) electrons. The summed E-state index contributed by atoms with van der Waals surface area (Å²) in [5, 5.41) is 15.9. The topological polar surface area (TPSA) is 157 Å². The third kappa shape index (κ3) is 6.63. The number of nitrogens with one attached hydrogen (secondary N) is 2. The third-order valence-electron chi connectivity index (χ3n) is 6.08. The van der Waals surface area contributed by atoms with Crippen LogP contribution < -0.4 is 25.0 Å². The Hall–Kier alpha value is -5.04. The molecular weight excluding hydrogens is 612 g/mol. The Labute approximate surface area is 248 Å². The molecule has 1 fully saturated rings.